The third kappa shape index (κ3) is 4.03. The number of pyridine rings is 1. The molecule has 0 aliphatic heterocycles. The number of H-pyrrole nitrogens is 1. The SMILES string of the molecule is C=CC(Nc1ccc(P)c(-c2cnc3[nH]cc(-c4cc(F)cc(F)c4OC)c3c2)c1)=C1CC1. The molecule has 1 aliphatic carbocycles. The molecule has 1 saturated carbocycles. The molecule has 0 radical (unpaired) electrons. The lowest BCUT2D eigenvalue weighted by Gasteiger charge is -2.12. The summed E-state index contributed by atoms with van der Waals surface area (Å²) in [4.78, 5) is 7.64. The van der Waals surface area contributed by atoms with E-state index in [1.54, 1.807) is 12.4 Å². The van der Waals surface area contributed by atoms with Crippen LogP contribution in [-0.2, 0) is 0 Å². The van der Waals surface area contributed by atoms with E-state index in [1.807, 2.05) is 24.3 Å². The number of nitrogens with one attached hydrogen (secondary N) is 2. The number of ether oxygens (including phenoxy) is 1. The zero-order valence-corrected chi connectivity index (χ0v) is 19.2. The van der Waals surface area contributed by atoms with E-state index in [0.717, 1.165) is 52.1 Å². The summed E-state index contributed by atoms with van der Waals surface area (Å²) in [6.07, 6.45) is 7.53. The topological polar surface area (TPSA) is 49.9 Å². The van der Waals surface area contributed by atoms with Gasteiger partial charge in [0.15, 0.2) is 11.6 Å². The van der Waals surface area contributed by atoms with Crippen molar-refractivity contribution in [1.82, 2.24) is 9.97 Å². The number of anilines is 1. The van der Waals surface area contributed by atoms with Gasteiger partial charge >= 0.3 is 0 Å². The first kappa shape index (κ1) is 21.4. The highest BCUT2D eigenvalue weighted by Gasteiger charge is 2.19. The van der Waals surface area contributed by atoms with Crippen molar-refractivity contribution in [2.24, 2.45) is 0 Å². The second-order valence-corrected chi connectivity index (χ2v) is 8.56. The number of hydrogen-bond donors (Lipinski definition) is 2. The van der Waals surface area contributed by atoms with Crippen LogP contribution in [0, 0.1) is 11.6 Å². The highest BCUT2D eigenvalue weighted by molar-refractivity contribution is 7.28. The first-order valence-electron chi connectivity index (χ1n) is 10.5. The van der Waals surface area contributed by atoms with Crippen LogP contribution in [0.1, 0.15) is 12.8 Å². The van der Waals surface area contributed by atoms with E-state index in [0.29, 0.717) is 16.8 Å². The Morgan fingerprint density at radius 3 is 2.70 bits per heavy atom. The molecule has 1 unspecified atom stereocenters. The molecule has 5 rings (SSSR count). The fourth-order valence-corrected chi connectivity index (χ4v) is 4.34. The van der Waals surface area contributed by atoms with Crippen LogP contribution >= 0.6 is 9.24 Å². The minimum atomic E-state index is -0.750. The van der Waals surface area contributed by atoms with Gasteiger partial charge < -0.3 is 15.0 Å². The van der Waals surface area contributed by atoms with Crippen molar-refractivity contribution in [2.75, 3.05) is 12.4 Å². The number of fused-ring (bicyclic) bond motifs is 1. The molecule has 0 amide bonds. The molecule has 7 heteroatoms. The number of aromatic nitrogens is 2. The largest absolute Gasteiger partial charge is 0.493 e. The Hall–Kier alpha value is -3.50. The van der Waals surface area contributed by atoms with Gasteiger partial charge in [-0.2, -0.15) is 0 Å². The molecule has 0 spiro atoms. The Labute approximate surface area is 192 Å². The molecule has 0 saturated heterocycles. The van der Waals surface area contributed by atoms with Gasteiger partial charge in [-0.25, -0.2) is 13.8 Å². The first-order valence-corrected chi connectivity index (χ1v) is 11.1. The second kappa shape index (κ2) is 8.45. The molecule has 4 nitrogen and oxygen atoms in total. The number of allylic oxidation sites excluding steroid dienone is 2. The average Bonchev–Trinajstić information content (AvgIpc) is 3.56. The molecular weight excluding hydrogens is 439 g/mol. The Kier molecular flexibility index (Phi) is 5.47. The Balaban J connectivity index is 1.61. The van der Waals surface area contributed by atoms with Crippen LogP contribution in [0.5, 0.6) is 5.75 Å². The highest BCUT2D eigenvalue weighted by Crippen LogP contribution is 2.38. The summed E-state index contributed by atoms with van der Waals surface area (Å²) in [5.41, 5.74) is 6.80. The molecular formula is C26H22F2N3OP. The van der Waals surface area contributed by atoms with E-state index < -0.39 is 11.6 Å². The number of halogens is 2. The van der Waals surface area contributed by atoms with Crippen molar-refractivity contribution in [3.8, 4) is 28.0 Å². The van der Waals surface area contributed by atoms with Gasteiger partial charge in [0.05, 0.1) is 7.11 Å². The zero-order valence-electron chi connectivity index (χ0n) is 18.0. The van der Waals surface area contributed by atoms with Gasteiger partial charge in [0, 0.05) is 51.9 Å². The van der Waals surface area contributed by atoms with Crippen LogP contribution < -0.4 is 15.4 Å². The maximum absolute atomic E-state index is 14.3. The molecule has 1 atom stereocenters. The maximum atomic E-state index is 14.3. The standard InChI is InChI=1S/C26H22F2N3OP/c1-3-23(14-4-5-14)31-17-6-7-24(33)18(11-17)15-8-20-21(13-30-26(20)29-12-15)19-9-16(27)10-22(28)25(19)32-2/h3,6-13,31H,1,4-5,33H2,2H3,(H,29,30). The van der Waals surface area contributed by atoms with E-state index in [2.05, 4.69) is 37.2 Å². The summed E-state index contributed by atoms with van der Waals surface area (Å²) in [5, 5.41) is 5.20. The van der Waals surface area contributed by atoms with Crippen molar-refractivity contribution >= 4 is 31.3 Å². The van der Waals surface area contributed by atoms with E-state index in [1.165, 1.54) is 18.7 Å². The van der Waals surface area contributed by atoms with Crippen LogP contribution in [0.15, 0.2) is 72.7 Å². The normalized spacial score (nSPS) is 12.7. The number of nitrogens with zero attached hydrogens (tertiary/aromatic N) is 1. The molecule has 1 fully saturated rings. The van der Waals surface area contributed by atoms with Gasteiger partial charge in [-0.1, -0.05) is 12.6 Å². The van der Waals surface area contributed by atoms with Gasteiger partial charge in [0.2, 0.25) is 0 Å². The number of rotatable bonds is 6. The van der Waals surface area contributed by atoms with E-state index in [-0.39, 0.29) is 5.75 Å². The molecule has 2 aromatic carbocycles. The van der Waals surface area contributed by atoms with Gasteiger partial charge in [-0.05, 0) is 59.6 Å². The fourth-order valence-electron chi connectivity index (χ4n) is 4.00. The minimum absolute atomic E-state index is 0.00861. The van der Waals surface area contributed by atoms with Crippen LogP contribution in [0.4, 0.5) is 14.5 Å². The molecule has 0 bridgehead atoms. The predicted octanol–water partition coefficient (Wildman–Crippen LogP) is 6.33. The molecule has 4 aromatic rings. The second-order valence-electron chi connectivity index (χ2n) is 7.94. The van der Waals surface area contributed by atoms with Crippen LogP contribution in [0.25, 0.3) is 33.3 Å². The summed E-state index contributed by atoms with van der Waals surface area (Å²) in [5.74, 6) is -1.43. The molecule has 2 aromatic heterocycles. The number of aromatic amines is 1. The van der Waals surface area contributed by atoms with Crippen molar-refractivity contribution in [1.29, 1.82) is 0 Å². The Morgan fingerprint density at radius 1 is 1.15 bits per heavy atom. The third-order valence-corrected chi connectivity index (χ3v) is 6.27. The lowest BCUT2D eigenvalue weighted by atomic mass is 10.0. The number of benzene rings is 2. The summed E-state index contributed by atoms with van der Waals surface area (Å²) >= 11 is 0. The lowest BCUT2D eigenvalue weighted by molar-refractivity contribution is 0.386. The van der Waals surface area contributed by atoms with Crippen LogP contribution in [0.2, 0.25) is 0 Å². The predicted molar refractivity (Wildman–Crippen MR) is 133 cm³/mol. The van der Waals surface area contributed by atoms with E-state index >= 15 is 0 Å². The van der Waals surface area contributed by atoms with Gasteiger partial charge in [0.1, 0.15) is 11.5 Å². The number of methoxy groups -OCH3 is 1. The average molecular weight is 461 g/mol. The van der Waals surface area contributed by atoms with E-state index in [9.17, 15) is 8.78 Å². The third-order valence-electron chi connectivity index (χ3n) is 5.76. The summed E-state index contributed by atoms with van der Waals surface area (Å²) < 4.78 is 33.6. The summed E-state index contributed by atoms with van der Waals surface area (Å²) in [6.45, 7) is 3.91. The van der Waals surface area contributed by atoms with Crippen molar-refractivity contribution in [3.05, 3.63) is 84.4 Å². The Bertz CT molecular complexity index is 1440. The van der Waals surface area contributed by atoms with Crippen LogP contribution in [-0.4, -0.2) is 17.1 Å². The highest BCUT2D eigenvalue weighted by atomic mass is 31.0. The van der Waals surface area contributed by atoms with Crippen molar-refractivity contribution < 1.29 is 13.5 Å². The Morgan fingerprint density at radius 2 is 1.97 bits per heavy atom. The quantitative estimate of drug-likeness (QED) is 0.330. The van der Waals surface area contributed by atoms with Crippen molar-refractivity contribution in [3.63, 3.8) is 0 Å². The minimum Gasteiger partial charge on any atom is -0.493 e. The molecule has 1 aliphatic rings. The van der Waals surface area contributed by atoms with Crippen LogP contribution in [0.3, 0.4) is 0 Å². The zero-order chi connectivity index (χ0) is 23.1. The molecule has 166 valence electrons. The lowest BCUT2D eigenvalue weighted by Crippen LogP contribution is -2.02. The molecule has 33 heavy (non-hydrogen) atoms. The monoisotopic (exact) mass is 461 g/mol. The molecule has 2 N–H and O–H groups in total. The smallest absolute Gasteiger partial charge is 0.168 e. The maximum Gasteiger partial charge on any atom is 0.168 e. The van der Waals surface area contributed by atoms with Gasteiger partial charge in [-0.3, -0.25) is 0 Å². The van der Waals surface area contributed by atoms with E-state index in [4.69, 9.17) is 4.74 Å². The van der Waals surface area contributed by atoms with Crippen molar-refractivity contribution in [2.45, 2.75) is 12.8 Å². The van der Waals surface area contributed by atoms with Gasteiger partial charge in [0.25, 0.3) is 0 Å². The first-order chi connectivity index (χ1) is 16.0. The molecule has 2 heterocycles. The summed E-state index contributed by atoms with van der Waals surface area (Å²) in [6, 6.07) is 10.2. The summed E-state index contributed by atoms with van der Waals surface area (Å²) in [7, 11) is 4.12. The number of hydrogen-bond acceptors (Lipinski definition) is 3. The fraction of sp³-hybridized carbons (Fsp3) is 0.115. The van der Waals surface area contributed by atoms with Gasteiger partial charge in [-0.15, -0.1) is 9.24 Å².